The number of carbonyl (C=O) groups excluding carboxylic acids is 2. The van der Waals surface area contributed by atoms with E-state index >= 15 is 0 Å². The van der Waals surface area contributed by atoms with Crippen LogP contribution in [0.4, 0.5) is 0 Å². The summed E-state index contributed by atoms with van der Waals surface area (Å²) in [6.07, 6.45) is 5.50. The third-order valence-electron chi connectivity index (χ3n) is 2.21. The SMILES string of the molecule is CCCCOCCCN1C(=O)C=CC1=O. The van der Waals surface area contributed by atoms with E-state index < -0.39 is 0 Å². The number of imide groups is 1. The van der Waals surface area contributed by atoms with Gasteiger partial charge >= 0.3 is 0 Å². The maximum Gasteiger partial charge on any atom is 0.253 e. The molecular formula is C11H17NO3. The molecule has 0 aromatic carbocycles. The Bertz CT molecular complexity index is 243. The second kappa shape index (κ2) is 6.35. The molecule has 0 unspecified atom stereocenters. The van der Waals surface area contributed by atoms with Gasteiger partial charge in [-0.15, -0.1) is 0 Å². The Morgan fingerprint density at radius 3 is 2.33 bits per heavy atom. The summed E-state index contributed by atoms with van der Waals surface area (Å²) in [7, 11) is 0. The first kappa shape index (κ1) is 11.9. The molecule has 84 valence electrons. The number of amides is 2. The molecule has 0 aliphatic carbocycles. The zero-order valence-electron chi connectivity index (χ0n) is 9.07. The molecule has 1 rings (SSSR count). The van der Waals surface area contributed by atoms with E-state index in [0.29, 0.717) is 19.6 Å². The highest BCUT2D eigenvalue weighted by Gasteiger charge is 2.22. The van der Waals surface area contributed by atoms with Crippen LogP contribution in [0.25, 0.3) is 0 Å². The molecule has 1 aliphatic heterocycles. The second-order valence-corrected chi connectivity index (χ2v) is 3.48. The van der Waals surface area contributed by atoms with Gasteiger partial charge in [0.05, 0.1) is 0 Å². The molecule has 1 aliphatic rings. The smallest absolute Gasteiger partial charge is 0.253 e. The van der Waals surface area contributed by atoms with Crippen LogP contribution in [-0.2, 0) is 14.3 Å². The maximum atomic E-state index is 11.1. The minimum Gasteiger partial charge on any atom is -0.381 e. The third kappa shape index (κ3) is 3.83. The van der Waals surface area contributed by atoms with Crippen molar-refractivity contribution < 1.29 is 14.3 Å². The Balaban J connectivity index is 2.05. The number of ether oxygens (including phenoxy) is 1. The molecule has 0 aromatic rings. The molecule has 15 heavy (non-hydrogen) atoms. The van der Waals surface area contributed by atoms with E-state index in [4.69, 9.17) is 4.74 Å². The van der Waals surface area contributed by atoms with E-state index in [0.717, 1.165) is 19.4 Å². The Labute approximate surface area is 89.9 Å². The Morgan fingerprint density at radius 1 is 1.13 bits per heavy atom. The first-order valence-corrected chi connectivity index (χ1v) is 5.37. The Hall–Kier alpha value is -1.16. The lowest BCUT2D eigenvalue weighted by Crippen LogP contribution is -2.31. The van der Waals surface area contributed by atoms with Crippen molar-refractivity contribution in [1.29, 1.82) is 0 Å². The van der Waals surface area contributed by atoms with Crippen LogP contribution in [0.2, 0.25) is 0 Å². The van der Waals surface area contributed by atoms with Crippen molar-refractivity contribution >= 4 is 11.8 Å². The van der Waals surface area contributed by atoms with Crippen LogP contribution in [0.5, 0.6) is 0 Å². The largest absolute Gasteiger partial charge is 0.381 e. The van der Waals surface area contributed by atoms with Gasteiger partial charge in [-0.2, -0.15) is 0 Å². The second-order valence-electron chi connectivity index (χ2n) is 3.48. The average molecular weight is 211 g/mol. The van der Waals surface area contributed by atoms with Crippen LogP contribution in [0, 0.1) is 0 Å². The number of nitrogens with zero attached hydrogens (tertiary/aromatic N) is 1. The van der Waals surface area contributed by atoms with Gasteiger partial charge in [0.25, 0.3) is 11.8 Å². The van der Waals surface area contributed by atoms with E-state index in [2.05, 4.69) is 6.92 Å². The first-order chi connectivity index (χ1) is 7.25. The van der Waals surface area contributed by atoms with Gasteiger partial charge < -0.3 is 4.74 Å². The van der Waals surface area contributed by atoms with E-state index in [1.807, 2.05) is 0 Å². The molecule has 0 atom stereocenters. The topological polar surface area (TPSA) is 46.6 Å². The molecule has 0 radical (unpaired) electrons. The predicted octanol–water partition coefficient (Wildman–Crippen LogP) is 1.12. The highest BCUT2D eigenvalue weighted by Crippen LogP contribution is 2.04. The third-order valence-corrected chi connectivity index (χ3v) is 2.21. The van der Waals surface area contributed by atoms with Crippen molar-refractivity contribution in [1.82, 2.24) is 4.90 Å². The van der Waals surface area contributed by atoms with Crippen molar-refractivity contribution in [3.8, 4) is 0 Å². The molecule has 0 spiro atoms. The predicted molar refractivity (Wildman–Crippen MR) is 56.2 cm³/mol. The number of hydrogen-bond donors (Lipinski definition) is 0. The molecule has 0 aromatic heterocycles. The quantitative estimate of drug-likeness (QED) is 0.468. The van der Waals surface area contributed by atoms with Crippen LogP contribution in [0.1, 0.15) is 26.2 Å². The minimum atomic E-state index is -0.214. The van der Waals surface area contributed by atoms with Gasteiger partial charge in [-0.25, -0.2) is 0 Å². The number of unbranched alkanes of at least 4 members (excludes halogenated alkanes) is 1. The Morgan fingerprint density at radius 2 is 1.73 bits per heavy atom. The van der Waals surface area contributed by atoms with E-state index in [1.54, 1.807) is 0 Å². The summed E-state index contributed by atoms with van der Waals surface area (Å²) in [5.74, 6) is -0.429. The lowest BCUT2D eigenvalue weighted by Gasteiger charge is -2.13. The lowest BCUT2D eigenvalue weighted by molar-refractivity contribution is -0.136. The summed E-state index contributed by atoms with van der Waals surface area (Å²) in [5, 5.41) is 0. The van der Waals surface area contributed by atoms with Crippen LogP contribution < -0.4 is 0 Å². The molecule has 0 fully saturated rings. The fraction of sp³-hybridized carbons (Fsp3) is 0.636. The zero-order chi connectivity index (χ0) is 11.1. The number of rotatable bonds is 7. The fourth-order valence-corrected chi connectivity index (χ4v) is 1.32. The lowest BCUT2D eigenvalue weighted by atomic mass is 10.3. The van der Waals surface area contributed by atoms with E-state index in [1.165, 1.54) is 17.1 Å². The summed E-state index contributed by atoms with van der Waals surface area (Å²) in [6, 6.07) is 0. The molecule has 0 N–H and O–H groups in total. The van der Waals surface area contributed by atoms with Gasteiger partial charge in [0.1, 0.15) is 0 Å². The van der Waals surface area contributed by atoms with Crippen molar-refractivity contribution in [3.63, 3.8) is 0 Å². The van der Waals surface area contributed by atoms with Gasteiger partial charge in [0.15, 0.2) is 0 Å². The van der Waals surface area contributed by atoms with Crippen molar-refractivity contribution in [3.05, 3.63) is 12.2 Å². The van der Waals surface area contributed by atoms with Crippen LogP contribution >= 0.6 is 0 Å². The van der Waals surface area contributed by atoms with Crippen LogP contribution in [0.3, 0.4) is 0 Å². The molecule has 0 saturated carbocycles. The molecule has 2 amide bonds. The summed E-state index contributed by atoms with van der Waals surface area (Å²) >= 11 is 0. The van der Waals surface area contributed by atoms with Crippen molar-refractivity contribution in [2.75, 3.05) is 19.8 Å². The van der Waals surface area contributed by atoms with Gasteiger partial charge in [-0.1, -0.05) is 13.3 Å². The summed E-state index contributed by atoms with van der Waals surface area (Å²) in [6.45, 7) is 3.93. The summed E-state index contributed by atoms with van der Waals surface area (Å²) in [4.78, 5) is 23.5. The van der Waals surface area contributed by atoms with Crippen molar-refractivity contribution in [2.24, 2.45) is 0 Å². The fourth-order valence-electron chi connectivity index (χ4n) is 1.32. The van der Waals surface area contributed by atoms with Gasteiger partial charge in [0.2, 0.25) is 0 Å². The highest BCUT2D eigenvalue weighted by molar-refractivity contribution is 6.12. The normalized spacial score (nSPS) is 15.4. The first-order valence-electron chi connectivity index (χ1n) is 5.37. The highest BCUT2D eigenvalue weighted by atomic mass is 16.5. The molecule has 0 bridgehead atoms. The number of carbonyl (C=O) groups is 2. The average Bonchev–Trinajstić information content (AvgIpc) is 2.54. The summed E-state index contributed by atoms with van der Waals surface area (Å²) < 4.78 is 5.33. The van der Waals surface area contributed by atoms with Crippen molar-refractivity contribution in [2.45, 2.75) is 26.2 Å². The molecule has 0 saturated heterocycles. The molecule has 1 heterocycles. The van der Waals surface area contributed by atoms with Gasteiger partial charge in [0, 0.05) is 31.9 Å². The standard InChI is InChI=1S/C11H17NO3/c1-2-3-8-15-9-4-7-12-10(13)5-6-11(12)14/h5-6H,2-4,7-9H2,1H3. The van der Waals surface area contributed by atoms with E-state index in [9.17, 15) is 9.59 Å². The van der Waals surface area contributed by atoms with Gasteiger partial charge in [-0.05, 0) is 12.8 Å². The van der Waals surface area contributed by atoms with E-state index in [-0.39, 0.29) is 11.8 Å². The molecular weight excluding hydrogens is 194 g/mol. The maximum absolute atomic E-state index is 11.1. The monoisotopic (exact) mass is 211 g/mol. The molecule has 4 heteroatoms. The Kier molecular flexibility index (Phi) is 5.04. The van der Waals surface area contributed by atoms with Crippen LogP contribution in [-0.4, -0.2) is 36.5 Å². The molecule has 4 nitrogen and oxygen atoms in total. The number of hydrogen-bond acceptors (Lipinski definition) is 3. The zero-order valence-corrected chi connectivity index (χ0v) is 9.07. The summed E-state index contributed by atoms with van der Waals surface area (Å²) in [5.41, 5.74) is 0. The van der Waals surface area contributed by atoms with Gasteiger partial charge in [-0.3, -0.25) is 14.5 Å². The minimum absolute atomic E-state index is 0.214. The van der Waals surface area contributed by atoms with Crippen LogP contribution in [0.15, 0.2) is 12.2 Å².